The number of carbonyl (C=O) groups excluding carboxylic acids is 1. The monoisotopic (exact) mass is 295 g/mol. The second-order valence-electron chi connectivity index (χ2n) is 4.17. The van der Waals surface area contributed by atoms with Crippen LogP contribution in [0, 0.1) is 6.92 Å². The van der Waals surface area contributed by atoms with Crippen molar-refractivity contribution in [3.8, 4) is 5.75 Å². The first-order valence-electron chi connectivity index (χ1n) is 6.15. The second kappa shape index (κ2) is 6.67. The van der Waals surface area contributed by atoms with Gasteiger partial charge < -0.3 is 9.15 Å². The van der Waals surface area contributed by atoms with Crippen LogP contribution in [-0.4, -0.2) is 31.6 Å². The number of furan rings is 1. The first kappa shape index (κ1) is 14.7. The molecule has 0 unspecified atom stereocenters. The number of aryl methyl sites for hydroxylation is 1. The summed E-state index contributed by atoms with van der Waals surface area (Å²) >= 11 is 1.65. The molecular formula is C14H17NO4S. The maximum Gasteiger partial charge on any atom is 0.279 e. The minimum atomic E-state index is -0.310. The predicted molar refractivity (Wildman–Crippen MR) is 79.3 cm³/mol. The number of methoxy groups -OCH3 is 1. The molecule has 0 radical (unpaired) electrons. The van der Waals surface area contributed by atoms with E-state index in [1.165, 1.54) is 0 Å². The fourth-order valence-electron chi connectivity index (χ4n) is 1.90. The first-order valence-corrected chi connectivity index (χ1v) is 7.55. The van der Waals surface area contributed by atoms with Crippen molar-refractivity contribution in [3.05, 3.63) is 29.5 Å². The molecule has 20 heavy (non-hydrogen) atoms. The summed E-state index contributed by atoms with van der Waals surface area (Å²) in [6, 6.07) is 5.36. The molecule has 6 heteroatoms. The van der Waals surface area contributed by atoms with E-state index in [9.17, 15) is 4.79 Å². The van der Waals surface area contributed by atoms with Gasteiger partial charge in [-0.15, -0.1) is 0 Å². The molecule has 5 nitrogen and oxygen atoms in total. The lowest BCUT2D eigenvalue weighted by Gasteiger charge is -2.05. The number of hydroxylamine groups is 1. The quantitative estimate of drug-likeness (QED) is 0.656. The average Bonchev–Trinajstić information content (AvgIpc) is 2.78. The normalized spacial score (nSPS) is 10.8. The molecule has 2 rings (SSSR count). The molecule has 1 aromatic heterocycles. The zero-order valence-electron chi connectivity index (χ0n) is 11.7. The van der Waals surface area contributed by atoms with E-state index < -0.39 is 0 Å². The van der Waals surface area contributed by atoms with Crippen molar-refractivity contribution in [1.82, 2.24) is 5.48 Å². The minimum Gasteiger partial charge on any atom is -0.497 e. The van der Waals surface area contributed by atoms with Crippen LogP contribution < -0.4 is 10.2 Å². The number of hydrogen-bond acceptors (Lipinski definition) is 5. The largest absolute Gasteiger partial charge is 0.497 e. The number of ether oxygens (including phenoxy) is 1. The lowest BCUT2D eigenvalue weighted by molar-refractivity contribution is 0.0375. The number of nitrogens with one attached hydrogen (secondary N) is 1. The molecule has 2 aromatic rings. The highest BCUT2D eigenvalue weighted by molar-refractivity contribution is 7.98. The van der Waals surface area contributed by atoms with Gasteiger partial charge in [0.15, 0.2) is 0 Å². The number of amides is 1. The highest BCUT2D eigenvalue weighted by Crippen LogP contribution is 2.28. The van der Waals surface area contributed by atoms with Crippen molar-refractivity contribution in [2.45, 2.75) is 6.92 Å². The van der Waals surface area contributed by atoms with Gasteiger partial charge in [-0.3, -0.25) is 9.63 Å². The third kappa shape index (κ3) is 3.08. The summed E-state index contributed by atoms with van der Waals surface area (Å²) in [5, 5.41) is 0.716. The maximum absolute atomic E-state index is 12.2. The molecule has 0 aliphatic rings. The fraction of sp³-hybridized carbons (Fsp3) is 0.357. The molecule has 1 aromatic carbocycles. The van der Waals surface area contributed by atoms with Gasteiger partial charge in [0, 0.05) is 11.1 Å². The van der Waals surface area contributed by atoms with Crippen LogP contribution in [0.1, 0.15) is 16.1 Å². The number of fused-ring (bicyclic) bond motifs is 1. The van der Waals surface area contributed by atoms with E-state index in [0.717, 1.165) is 5.75 Å². The van der Waals surface area contributed by atoms with Gasteiger partial charge in [-0.25, -0.2) is 5.48 Å². The van der Waals surface area contributed by atoms with Gasteiger partial charge in [-0.05, 0) is 31.4 Å². The van der Waals surface area contributed by atoms with Crippen molar-refractivity contribution >= 4 is 28.6 Å². The Labute approximate surface area is 121 Å². The van der Waals surface area contributed by atoms with Crippen molar-refractivity contribution < 1.29 is 18.8 Å². The van der Waals surface area contributed by atoms with Crippen LogP contribution in [0.3, 0.4) is 0 Å². The zero-order chi connectivity index (χ0) is 14.5. The van der Waals surface area contributed by atoms with Crippen molar-refractivity contribution in [2.24, 2.45) is 0 Å². The van der Waals surface area contributed by atoms with E-state index in [2.05, 4.69) is 5.48 Å². The van der Waals surface area contributed by atoms with E-state index in [-0.39, 0.29) is 5.91 Å². The van der Waals surface area contributed by atoms with Crippen molar-refractivity contribution in [1.29, 1.82) is 0 Å². The zero-order valence-corrected chi connectivity index (χ0v) is 12.5. The fourth-order valence-corrected chi connectivity index (χ4v) is 2.15. The maximum atomic E-state index is 12.2. The number of thioether (sulfide) groups is 1. The van der Waals surface area contributed by atoms with Crippen molar-refractivity contribution in [3.63, 3.8) is 0 Å². The summed E-state index contributed by atoms with van der Waals surface area (Å²) in [7, 11) is 1.58. The van der Waals surface area contributed by atoms with E-state index >= 15 is 0 Å². The van der Waals surface area contributed by atoms with Crippen LogP contribution in [0.2, 0.25) is 0 Å². The predicted octanol–water partition coefficient (Wildman–Crippen LogP) is 2.77. The van der Waals surface area contributed by atoms with Crippen LogP contribution in [0.15, 0.2) is 22.6 Å². The Kier molecular flexibility index (Phi) is 4.92. The van der Waals surface area contributed by atoms with E-state index in [1.54, 1.807) is 44.0 Å². The third-order valence-electron chi connectivity index (χ3n) is 2.85. The molecule has 0 aliphatic heterocycles. The lowest BCUT2D eigenvalue weighted by Crippen LogP contribution is -2.25. The van der Waals surface area contributed by atoms with E-state index in [1.807, 2.05) is 6.26 Å². The number of carbonyl (C=O) groups is 1. The van der Waals surface area contributed by atoms with Gasteiger partial charge in [0.2, 0.25) is 0 Å². The Bertz CT molecular complexity index is 608. The van der Waals surface area contributed by atoms with Crippen LogP contribution in [-0.2, 0) is 4.84 Å². The molecule has 1 heterocycles. The van der Waals surface area contributed by atoms with Crippen LogP contribution >= 0.6 is 11.8 Å². The number of hydrogen-bond donors (Lipinski definition) is 1. The molecule has 0 fully saturated rings. The molecule has 0 saturated carbocycles. The smallest absolute Gasteiger partial charge is 0.279 e. The Morgan fingerprint density at radius 2 is 2.25 bits per heavy atom. The molecule has 0 aliphatic carbocycles. The van der Waals surface area contributed by atoms with Gasteiger partial charge in [-0.1, -0.05) is 0 Å². The van der Waals surface area contributed by atoms with Gasteiger partial charge in [0.25, 0.3) is 5.91 Å². The third-order valence-corrected chi connectivity index (χ3v) is 3.43. The van der Waals surface area contributed by atoms with Crippen molar-refractivity contribution in [2.75, 3.05) is 25.7 Å². The van der Waals surface area contributed by atoms with E-state index in [4.69, 9.17) is 14.0 Å². The van der Waals surface area contributed by atoms with Gasteiger partial charge in [0.05, 0.1) is 19.3 Å². The standard InChI is InChI=1S/C14H17NO4S/c1-9-13(14(16)15-18-6-7-20-3)11-8-10(17-2)4-5-12(11)19-9/h4-5,8H,6-7H2,1-3H3,(H,15,16). The summed E-state index contributed by atoms with van der Waals surface area (Å²) < 4.78 is 10.7. The summed E-state index contributed by atoms with van der Waals surface area (Å²) in [6.45, 7) is 2.22. The molecule has 0 saturated heterocycles. The van der Waals surface area contributed by atoms with E-state index in [0.29, 0.717) is 34.6 Å². The highest BCUT2D eigenvalue weighted by atomic mass is 32.2. The first-order chi connectivity index (χ1) is 9.67. The Morgan fingerprint density at radius 1 is 1.45 bits per heavy atom. The Balaban J connectivity index is 2.23. The van der Waals surface area contributed by atoms with Gasteiger partial charge >= 0.3 is 0 Å². The van der Waals surface area contributed by atoms with Crippen LogP contribution in [0.5, 0.6) is 5.75 Å². The molecule has 1 N–H and O–H groups in total. The van der Waals surface area contributed by atoms with Crippen LogP contribution in [0.4, 0.5) is 0 Å². The average molecular weight is 295 g/mol. The second-order valence-corrected chi connectivity index (χ2v) is 5.15. The molecule has 0 atom stereocenters. The van der Waals surface area contributed by atoms with Gasteiger partial charge in [-0.2, -0.15) is 11.8 Å². The Morgan fingerprint density at radius 3 is 2.95 bits per heavy atom. The van der Waals surface area contributed by atoms with Gasteiger partial charge in [0.1, 0.15) is 17.1 Å². The highest BCUT2D eigenvalue weighted by Gasteiger charge is 2.18. The van der Waals surface area contributed by atoms with Crippen LogP contribution in [0.25, 0.3) is 11.0 Å². The molecular weight excluding hydrogens is 278 g/mol. The SMILES string of the molecule is COc1ccc2oc(C)c(C(=O)NOCCSC)c2c1. The molecule has 0 spiro atoms. The molecule has 0 bridgehead atoms. The summed E-state index contributed by atoms with van der Waals surface area (Å²) in [4.78, 5) is 17.3. The lowest BCUT2D eigenvalue weighted by atomic mass is 10.1. The Hall–Kier alpha value is -1.66. The summed E-state index contributed by atoms with van der Waals surface area (Å²) in [5.41, 5.74) is 3.56. The topological polar surface area (TPSA) is 60.7 Å². The molecule has 1 amide bonds. The summed E-state index contributed by atoms with van der Waals surface area (Å²) in [6.07, 6.45) is 1.98. The summed E-state index contributed by atoms with van der Waals surface area (Å²) in [5.74, 6) is 1.74. The molecule has 108 valence electrons. The number of benzene rings is 1. The minimum absolute atomic E-state index is 0.310. The number of rotatable bonds is 6.